The second kappa shape index (κ2) is 5.69. The Labute approximate surface area is 122 Å². The Hall–Kier alpha value is -1.54. The number of nitro benzene ring substituents is 1. The third-order valence-corrected chi connectivity index (χ3v) is 5.96. The fourth-order valence-electron chi connectivity index (χ4n) is 2.87. The summed E-state index contributed by atoms with van der Waals surface area (Å²) in [6.45, 7) is 3.52. The van der Waals surface area contributed by atoms with Crippen LogP contribution in [0.15, 0.2) is 23.1 Å². The van der Waals surface area contributed by atoms with Crippen LogP contribution in [-0.4, -0.2) is 29.7 Å². The van der Waals surface area contributed by atoms with Crippen molar-refractivity contribution < 1.29 is 17.7 Å². The van der Waals surface area contributed by atoms with Gasteiger partial charge in [-0.3, -0.25) is 10.1 Å². The minimum atomic E-state index is -4.11. The molecule has 0 aromatic heterocycles. The third kappa shape index (κ3) is 2.77. The van der Waals surface area contributed by atoms with Gasteiger partial charge in [0, 0.05) is 12.1 Å². The van der Waals surface area contributed by atoms with Gasteiger partial charge in [0.2, 0.25) is 5.82 Å². The van der Waals surface area contributed by atoms with Crippen molar-refractivity contribution in [3.63, 3.8) is 0 Å². The maximum Gasteiger partial charge on any atom is 0.324 e. The Balaban J connectivity index is 2.59. The van der Waals surface area contributed by atoms with Crippen molar-refractivity contribution in [2.45, 2.75) is 50.1 Å². The summed E-state index contributed by atoms with van der Waals surface area (Å²) in [5.74, 6) is -1.14. The first-order valence-corrected chi connectivity index (χ1v) is 8.17. The van der Waals surface area contributed by atoms with Gasteiger partial charge < -0.3 is 0 Å². The van der Waals surface area contributed by atoms with Crippen LogP contribution in [0.3, 0.4) is 0 Å². The van der Waals surface area contributed by atoms with E-state index in [1.165, 1.54) is 10.4 Å². The molecular weight excluding hydrogens is 299 g/mol. The van der Waals surface area contributed by atoms with Gasteiger partial charge in [0.1, 0.15) is 0 Å². The zero-order valence-corrected chi connectivity index (χ0v) is 12.6. The molecule has 0 spiro atoms. The predicted octanol–water partition coefficient (Wildman–Crippen LogP) is 2.69. The van der Waals surface area contributed by atoms with Crippen LogP contribution in [0.4, 0.5) is 10.1 Å². The number of nitrogens with zero attached hydrogens (tertiary/aromatic N) is 2. The molecule has 21 heavy (non-hydrogen) atoms. The smallest absolute Gasteiger partial charge is 0.258 e. The summed E-state index contributed by atoms with van der Waals surface area (Å²) in [6, 6.07) is 2.63. The maximum absolute atomic E-state index is 13.7. The molecule has 116 valence electrons. The minimum absolute atomic E-state index is 0.262. The molecule has 2 rings (SSSR count). The Kier molecular flexibility index (Phi) is 4.29. The van der Waals surface area contributed by atoms with Gasteiger partial charge in [-0.2, -0.15) is 8.70 Å². The number of sulfonamides is 1. The van der Waals surface area contributed by atoms with Gasteiger partial charge in [0.25, 0.3) is 10.0 Å². The summed E-state index contributed by atoms with van der Waals surface area (Å²) in [6.07, 6.45) is 2.28. The molecule has 8 heteroatoms. The van der Waals surface area contributed by atoms with E-state index in [1.54, 1.807) is 13.8 Å². The number of benzene rings is 1. The van der Waals surface area contributed by atoms with Gasteiger partial charge in [-0.05, 0) is 38.8 Å². The SMILES string of the molecule is C[C@@H]1CCC[C@H](C)N1S(=O)(=O)c1cccc(F)c1[N+](=O)[O-]. The molecule has 0 bridgehead atoms. The molecule has 2 atom stereocenters. The quantitative estimate of drug-likeness (QED) is 0.634. The second-order valence-corrected chi connectivity index (χ2v) is 7.12. The fraction of sp³-hybridized carbons (Fsp3) is 0.538. The highest BCUT2D eigenvalue weighted by Crippen LogP contribution is 2.34. The average molecular weight is 316 g/mol. The number of rotatable bonds is 3. The first-order chi connectivity index (χ1) is 9.76. The van der Waals surface area contributed by atoms with Crippen LogP contribution in [0.5, 0.6) is 0 Å². The van der Waals surface area contributed by atoms with Crippen molar-refractivity contribution in [1.29, 1.82) is 0 Å². The summed E-state index contributed by atoms with van der Waals surface area (Å²) in [5, 5.41) is 11.0. The topological polar surface area (TPSA) is 80.5 Å². The van der Waals surface area contributed by atoms with Gasteiger partial charge in [0.05, 0.1) is 4.92 Å². The van der Waals surface area contributed by atoms with Crippen molar-refractivity contribution in [3.05, 3.63) is 34.1 Å². The largest absolute Gasteiger partial charge is 0.324 e. The molecule has 6 nitrogen and oxygen atoms in total. The summed E-state index contributed by atoms with van der Waals surface area (Å²) in [7, 11) is -4.11. The molecular formula is C13H17FN2O4S. The van der Waals surface area contributed by atoms with Crippen LogP contribution in [0.1, 0.15) is 33.1 Å². The summed E-state index contributed by atoms with van der Waals surface area (Å²) >= 11 is 0. The van der Waals surface area contributed by atoms with Crippen molar-refractivity contribution in [3.8, 4) is 0 Å². The molecule has 1 aromatic carbocycles. The lowest BCUT2D eigenvalue weighted by atomic mass is 10.0. The normalized spacial score (nSPS) is 24.0. The number of hydrogen-bond acceptors (Lipinski definition) is 4. The molecule has 1 saturated heterocycles. The number of hydrogen-bond donors (Lipinski definition) is 0. The number of piperidine rings is 1. The summed E-state index contributed by atoms with van der Waals surface area (Å²) in [5.41, 5.74) is -0.984. The Morgan fingerprint density at radius 3 is 2.38 bits per heavy atom. The Morgan fingerprint density at radius 2 is 1.86 bits per heavy atom. The van der Waals surface area contributed by atoms with E-state index < -0.39 is 31.3 Å². The monoisotopic (exact) mass is 316 g/mol. The lowest BCUT2D eigenvalue weighted by Crippen LogP contribution is -2.47. The van der Waals surface area contributed by atoms with Gasteiger partial charge in [-0.15, -0.1) is 0 Å². The molecule has 1 aliphatic heterocycles. The van der Waals surface area contributed by atoms with Gasteiger partial charge in [-0.1, -0.05) is 12.5 Å². The van der Waals surface area contributed by atoms with E-state index in [4.69, 9.17) is 0 Å². The van der Waals surface area contributed by atoms with Crippen molar-refractivity contribution in [1.82, 2.24) is 4.31 Å². The average Bonchev–Trinajstić information content (AvgIpc) is 2.37. The van der Waals surface area contributed by atoms with Crippen LogP contribution in [0, 0.1) is 15.9 Å². The van der Waals surface area contributed by atoms with Gasteiger partial charge >= 0.3 is 5.69 Å². The van der Waals surface area contributed by atoms with E-state index >= 15 is 0 Å². The fourth-order valence-corrected chi connectivity index (χ4v) is 4.92. The first kappa shape index (κ1) is 15.8. The summed E-state index contributed by atoms with van der Waals surface area (Å²) in [4.78, 5) is 9.46. The Morgan fingerprint density at radius 1 is 1.29 bits per heavy atom. The summed E-state index contributed by atoms with van der Waals surface area (Å²) < 4.78 is 40.4. The van der Waals surface area contributed by atoms with Crippen LogP contribution >= 0.6 is 0 Å². The van der Waals surface area contributed by atoms with Gasteiger partial charge in [0.15, 0.2) is 4.90 Å². The number of para-hydroxylation sites is 1. The molecule has 0 unspecified atom stereocenters. The predicted molar refractivity (Wildman–Crippen MR) is 74.9 cm³/mol. The Bertz CT molecular complexity index is 652. The standard InChI is InChI=1S/C13H17FN2O4S/c1-9-5-3-6-10(2)15(9)21(19,20)12-8-4-7-11(14)13(12)16(17)18/h4,7-10H,3,5-6H2,1-2H3/t9-,10+. The zero-order chi connectivity index (χ0) is 15.8. The van der Waals surface area contributed by atoms with E-state index in [0.29, 0.717) is 12.8 Å². The second-order valence-electron chi connectivity index (χ2n) is 5.31. The molecule has 0 saturated carbocycles. The van der Waals surface area contributed by atoms with E-state index in [9.17, 15) is 22.9 Å². The van der Waals surface area contributed by atoms with E-state index in [-0.39, 0.29) is 12.1 Å². The lowest BCUT2D eigenvalue weighted by molar-refractivity contribution is -0.390. The zero-order valence-electron chi connectivity index (χ0n) is 11.8. The van der Waals surface area contributed by atoms with Crippen LogP contribution in [0.2, 0.25) is 0 Å². The minimum Gasteiger partial charge on any atom is -0.258 e. The van der Waals surface area contributed by atoms with Crippen LogP contribution in [-0.2, 0) is 10.0 Å². The van der Waals surface area contributed by atoms with E-state index in [1.807, 2.05) is 0 Å². The van der Waals surface area contributed by atoms with Crippen molar-refractivity contribution in [2.24, 2.45) is 0 Å². The van der Waals surface area contributed by atoms with Crippen molar-refractivity contribution in [2.75, 3.05) is 0 Å². The molecule has 1 aliphatic rings. The number of halogens is 1. The molecule has 1 heterocycles. The van der Waals surface area contributed by atoms with Crippen LogP contribution < -0.4 is 0 Å². The highest BCUT2D eigenvalue weighted by Gasteiger charge is 2.40. The number of nitro groups is 1. The van der Waals surface area contributed by atoms with Crippen molar-refractivity contribution >= 4 is 15.7 Å². The molecule has 0 aliphatic carbocycles. The molecule has 1 fully saturated rings. The molecule has 0 amide bonds. The highest BCUT2D eigenvalue weighted by atomic mass is 32.2. The molecule has 0 N–H and O–H groups in total. The third-order valence-electron chi connectivity index (χ3n) is 3.80. The highest BCUT2D eigenvalue weighted by molar-refractivity contribution is 7.89. The van der Waals surface area contributed by atoms with Gasteiger partial charge in [-0.25, -0.2) is 8.42 Å². The van der Waals surface area contributed by atoms with Crippen LogP contribution in [0.25, 0.3) is 0 Å². The maximum atomic E-state index is 13.7. The molecule has 0 radical (unpaired) electrons. The van der Waals surface area contributed by atoms with E-state index in [2.05, 4.69) is 0 Å². The molecule has 1 aromatic rings. The first-order valence-electron chi connectivity index (χ1n) is 6.73. The van der Waals surface area contributed by atoms with E-state index in [0.717, 1.165) is 18.6 Å². The lowest BCUT2D eigenvalue weighted by Gasteiger charge is -2.37.